The molecule has 0 saturated carbocycles. The van der Waals surface area contributed by atoms with Gasteiger partial charge in [0.2, 0.25) is 0 Å². The van der Waals surface area contributed by atoms with Crippen LogP contribution in [0.3, 0.4) is 0 Å². The molecule has 1 rings (SSSR count). The van der Waals surface area contributed by atoms with Crippen molar-refractivity contribution in [1.82, 2.24) is 0 Å². The van der Waals surface area contributed by atoms with E-state index in [-0.39, 0.29) is 43.4 Å². The number of carbonyl (C=O) groups is 3. The molecule has 6 nitrogen and oxygen atoms in total. The molecule has 0 radical (unpaired) electrons. The Hall–Kier alpha value is -2.05. The fourth-order valence-electron chi connectivity index (χ4n) is 1.82. The average Bonchev–Trinajstić information content (AvgIpc) is 2.49. The Morgan fingerprint density at radius 3 is 1.68 bits per heavy atom. The number of Topliss-reactive ketones (excluding diaryl/α,β-unsaturated/α-hetero) is 2. The van der Waals surface area contributed by atoms with E-state index in [0.717, 1.165) is 0 Å². The van der Waals surface area contributed by atoms with Gasteiger partial charge >= 0.3 is 5.97 Å². The molecule has 6 heteroatoms. The summed E-state index contributed by atoms with van der Waals surface area (Å²) in [7, 11) is 3.00. The first-order valence-corrected chi connectivity index (χ1v) is 6.85. The second-order valence-corrected chi connectivity index (χ2v) is 4.67. The Morgan fingerprint density at radius 1 is 0.864 bits per heavy atom. The van der Waals surface area contributed by atoms with Crippen LogP contribution in [0.2, 0.25) is 0 Å². The van der Waals surface area contributed by atoms with Crippen LogP contribution in [0.5, 0.6) is 5.75 Å². The summed E-state index contributed by atoms with van der Waals surface area (Å²) in [5, 5.41) is 0. The van der Waals surface area contributed by atoms with Crippen molar-refractivity contribution in [2.75, 3.05) is 27.4 Å². The second kappa shape index (κ2) is 9.07. The minimum absolute atomic E-state index is 0.177. The highest BCUT2D eigenvalue weighted by molar-refractivity contribution is 6.02. The molecule has 0 aromatic heterocycles. The first-order chi connectivity index (χ1) is 10.5. The highest BCUT2D eigenvalue weighted by Crippen LogP contribution is 2.20. The number of rotatable bonds is 9. The van der Waals surface area contributed by atoms with E-state index >= 15 is 0 Å². The number of carbonyl (C=O) groups excluding carboxylic acids is 3. The van der Waals surface area contributed by atoms with Gasteiger partial charge < -0.3 is 14.2 Å². The van der Waals surface area contributed by atoms with E-state index in [2.05, 4.69) is 0 Å². The van der Waals surface area contributed by atoms with Gasteiger partial charge in [-0.1, -0.05) is 0 Å². The lowest BCUT2D eigenvalue weighted by molar-refractivity contribution is -0.131. The third-order valence-electron chi connectivity index (χ3n) is 2.88. The van der Waals surface area contributed by atoms with Gasteiger partial charge in [0.15, 0.2) is 11.6 Å². The Balaban J connectivity index is 3.06. The van der Waals surface area contributed by atoms with Gasteiger partial charge in [-0.2, -0.15) is 0 Å². The summed E-state index contributed by atoms with van der Waals surface area (Å²) in [6, 6.07) is 4.40. The van der Waals surface area contributed by atoms with Gasteiger partial charge in [-0.15, -0.1) is 0 Å². The van der Waals surface area contributed by atoms with Crippen molar-refractivity contribution in [1.29, 1.82) is 0 Å². The quantitative estimate of drug-likeness (QED) is 0.395. The number of ketones is 2. The van der Waals surface area contributed by atoms with Crippen LogP contribution < -0.4 is 4.74 Å². The molecule has 1 aromatic carbocycles. The van der Waals surface area contributed by atoms with E-state index in [0.29, 0.717) is 11.1 Å². The summed E-state index contributed by atoms with van der Waals surface area (Å²) >= 11 is 0. The first-order valence-electron chi connectivity index (χ1n) is 6.85. The molecular formula is C16H20O6. The molecule has 0 spiro atoms. The molecule has 0 heterocycles. The Morgan fingerprint density at radius 2 is 1.32 bits per heavy atom. The van der Waals surface area contributed by atoms with Gasteiger partial charge in [-0.05, 0) is 18.2 Å². The number of hydrogen-bond acceptors (Lipinski definition) is 6. The molecule has 1 aromatic rings. The maximum absolute atomic E-state index is 12.1. The molecule has 0 aliphatic carbocycles. The van der Waals surface area contributed by atoms with E-state index in [1.165, 1.54) is 39.3 Å². The Labute approximate surface area is 129 Å². The second-order valence-electron chi connectivity index (χ2n) is 4.67. The molecule has 0 aliphatic rings. The fourth-order valence-corrected chi connectivity index (χ4v) is 1.82. The standard InChI is InChI=1S/C16H20O6/c1-11(17)22-14-9-12(15(18)4-6-20-2)8-13(10-14)16(19)5-7-21-3/h8-10H,4-7H2,1-3H3. The van der Waals surface area contributed by atoms with Gasteiger partial charge in [0, 0.05) is 45.1 Å². The Kier molecular flexibility index (Phi) is 7.42. The van der Waals surface area contributed by atoms with E-state index in [1.54, 1.807) is 0 Å². The van der Waals surface area contributed by atoms with E-state index in [1.807, 2.05) is 0 Å². The van der Waals surface area contributed by atoms with Crippen molar-refractivity contribution < 1.29 is 28.6 Å². The lowest BCUT2D eigenvalue weighted by atomic mass is 10.0. The van der Waals surface area contributed by atoms with E-state index in [9.17, 15) is 14.4 Å². The molecule has 0 bridgehead atoms. The van der Waals surface area contributed by atoms with Crippen molar-refractivity contribution in [2.45, 2.75) is 19.8 Å². The zero-order valence-electron chi connectivity index (χ0n) is 13.0. The van der Waals surface area contributed by atoms with Crippen molar-refractivity contribution in [3.05, 3.63) is 29.3 Å². The van der Waals surface area contributed by atoms with Crippen LogP contribution in [-0.2, 0) is 14.3 Å². The number of benzene rings is 1. The molecule has 22 heavy (non-hydrogen) atoms. The molecular weight excluding hydrogens is 288 g/mol. The third-order valence-corrected chi connectivity index (χ3v) is 2.88. The van der Waals surface area contributed by atoms with Gasteiger partial charge in [0.1, 0.15) is 5.75 Å². The zero-order chi connectivity index (χ0) is 16.5. The van der Waals surface area contributed by atoms with Gasteiger partial charge in [-0.3, -0.25) is 14.4 Å². The summed E-state index contributed by atoms with van der Waals surface area (Å²) in [6.07, 6.45) is 0.372. The molecule has 0 aliphatic heterocycles. The molecule has 0 amide bonds. The van der Waals surface area contributed by atoms with Crippen molar-refractivity contribution in [2.24, 2.45) is 0 Å². The third kappa shape index (κ3) is 5.75. The predicted octanol–water partition coefficient (Wildman–Crippen LogP) is 2.05. The summed E-state index contributed by atoms with van der Waals surface area (Å²) < 4.78 is 14.7. The first kappa shape index (κ1) is 18.0. The lowest BCUT2D eigenvalue weighted by Crippen LogP contribution is -2.10. The summed E-state index contributed by atoms with van der Waals surface area (Å²) in [4.78, 5) is 35.2. The maximum Gasteiger partial charge on any atom is 0.308 e. The van der Waals surface area contributed by atoms with E-state index in [4.69, 9.17) is 14.2 Å². The van der Waals surface area contributed by atoms with Gasteiger partial charge in [-0.25, -0.2) is 0 Å². The molecule has 0 unspecified atom stereocenters. The normalized spacial score (nSPS) is 10.3. The number of methoxy groups -OCH3 is 2. The summed E-state index contributed by atoms with van der Waals surface area (Å²) in [6.45, 7) is 1.82. The average molecular weight is 308 g/mol. The Bertz CT molecular complexity index is 511. The van der Waals surface area contributed by atoms with Crippen molar-refractivity contribution >= 4 is 17.5 Å². The number of esters is 1. The van der Waals surface area contributed by atoms with Crippen LogP contribution in [0, 0.1) is 0 Å². The molecule has 0 fully saturated rings. The van der Waals surface area contributed by atoms with Crippen LogP contribution in [0.25, 0.3) is 0 Å². The minimum atomic E-state index is -0.517. The maximum atomic E-state index is 12.1. The van der Waals surface area contributed by atoms with Gasteiger partial charge in [0.25, 0.3) is 0 Å². The zero-order valence-corrected chi connectivity index (χ0v) is 13.0. The van der Waals surface area contributed by atoms with Crippen molar-refractivity contribution in [3.8, 4) is 5.75 Å². The highest BCUT2D eigenvalue weighted by Gasteiger charge is 2.14. The lowest BCUT2D eigenvalue weighted by Gasteiger charge is -2.08. The smallest absolute Gasteiger partial charge is 0.308 e. The molecule has 0 atom stereocenters. The highest BCUT2D eigenvalue weighted by atomic mass is 16.5. The molecule has 120 valence electrons. The number of ether oxygens (including phenoxy) is 3. The minimum Gasteiger partial charge on any atom is -0.427 e. The molecule has 0 saturated heterocycles. The van der Waals surface area contributed by atoms with Gasteiger partial charge in [0.05, 0.1) is 13.2 Å². The van der Waals surface area contributed by atoms with Crippen LogP contribution in [0.15, 0.2) is 18.2 Å². The topological polar surface area (TPSA) is 78.9 Å². The van der Waals surface area contributed by atoms with Crippen LogP contribution >= 0.6 is 0 Å². The largest absolute Gasteiger partial charge is 0.427 e. The summed E-state index contributed by atoms with van der Waals surface area (Å²) in [5.74, 6) is -0.707. The monoisotopic (exact) mass is 308 g/mol. The summed E-state index contributed by atoms with van der Waals surface area (Å²) in [5.41, 5.74) is 0.633. The van der Waals surface area contributed by atoms with E-state index < -0.39 is 5.97 Å². The molecule has 0 N–H and O–H groups in total. The fraction of sp³-hybridized carbons (Fsp3) is 0.438. The van der Waals surface area contributed by atoms with Crippen LogP contribution in [-0.4, -0.2) is 45.0 Å². The number of hydrogen-bond donors (Lipinski definition) is 0. The van der Waals surface area contributed by atoms with Crippen molar-refractivity contribution in [3.63, 3.8) is 0 Å². The van der Waals surface area contributed by atoms with Crippen LogP contribution in [0.1, 0.15) is 40.5 Å². The van der Waals surface area contributed by atoms with Crippen LogP contribution in [0.4, 0.5) is 0 Å². The predicted molar refractivity (Wildman–Crippen MR) is 79.4 cm³/mol. The SMILES string of the molecule is COCCC(=O)c1cc(OC(C)=O)cc(C(=O)CCOC)c1.